The van der Waals surface area contributed by atoms with Gasteiger partial charge in [-0.25, -0.2) is 0 Å². The zero-order valence-electron chi connectivity index (χ0n) is 12.9. The number of aliphatic hydroxyl groups excluding tert-OH is 1. The summed E-state index contributed by atoms with van der Waals surface area (Å²) in [6, 6.07) is 5.14. The molecule has 2 N–H and O–H groups in total. The van der Waals surface area contributed by atoms with Gasteiger partial charge < -0.3 is 19.7 Å². The molecule has 7 heteroatoms. The number of likely N-dealkylation sites (N-methyl/N-ethyl adjacent to an activating group) is 1. The maximum Gasteiger partial charge on any atom is 0.251 e. The van der Waals surface area contributed by atoms with Crippen molar-refractivity contribution in [3.63, 3.8) is 0 Å². The molecule has 2 unspecified atom stereocenters. The quantitative estimate of drug-likeness (QED) is 0.809. The molecule has 4 rings (SSSR count). The first-order valence-corrected chi connectivity index (χ1v) is 7.86. The van der Waals surface area contributed by atoms with Gasteiger partial charge in [-0.3, -0.25) is 9.69 Å². The molecule has 0 radical (unpaired) electrons. The molecule has 1 saturated heterocycles. The SMILES string of the molecule is COc1ccc2[nH]c3c(c2c1)CC1C(=O)N(C)C(=S)N1C3CO. The van der Waals surface area contributed by atoms with E-state index in [1.807, 2.05) is 23.1 Å². The maximum absolute atomic E-state index is 12.5. The third-order valence-corrected chi connectivity index (χ3v) is 5.33. The van der Waals surface area contributed by atoms with Crippen molar-refractivity contribution in [2.45, 2.75) is 18.5 Å². The first kappa shape index (κ1) is 14.5. The minimum absolute atomic E-state index is 0.0173. The Bertz CT molecular complexity index is 831. The zero-order chi connectivity index (χ0) is 16.3. The number of aliphatic hydroxyl groups is 1. The van der Waals surface area contributed by atoms with Crippen LogP contribution in [0.1, 0.15) is 17.3 Å². The van der Waals surface area contributed by atoms with Crippen molar-refractivity contribution in [3.05, 3.63) is 29.5 Å². The predicted octanol–water partition coefficient (Wildman–Crippen LogP) is 1.19. The summed E-state index contributed by atoms with van der Waals surface area (Å²) in [5.74, 6) is 0.754. The molecule has 6 nitrogen and oxygen atoms in total. The number of hydrogen-bond donors (Lipinski definition) is 2. The Morgan fingerprint density at radius 1 is 1.48 bits per heavy atom. The van der Waals surface area contributed by atoms with E-state index in [1.165, 1.54) is 4.90 Å². The van der Waals surface area contributed by atoms with Crippen LogP contribution in [0.3, 0.4) is 0 Å². The van der Waals surface area contributed by atoms with Crippen LogP contribution in [0, 0.1) is 0 Å². The molecule has 2 aromatic rings. The summed E-state index contributed by atoms with van der Waals surface area (Å²) in [6.45, 7) is -0.102. The molecular weight excluding hydrogens is 314 g/mol. The molecule has 1 aromatic carbocycles. The summed E-state index contributed by atoms with van der Waals surface area (Å²) >= 11 is 5.40. The lowest BCUT2D eigenvalue weighted by Crippen LogP contribution is -2.44. The van der Waals surface area contributed by atoms with Crippen LogP contribution in [0.4, 0.5) is 0 Å². The van der Waals surface area contributed by atoms with E-state index < -0.39 is 0 Å². The summed E-state index contributed by atoms with van der Waals surface area (Å²) in [4.78, 5) is 19.2. The van der Waals surface area contributed by atoms with Gasteiger partial charge in [0, 0.05) is 30.1 Å². The Hall–Kier alpha value is -2.12. The Labute approximate surface area is 138 Å². The van der Waals surface area contributed by atoms with Gasteiger partial charge in [0.15, 0.2) is 5.11 Å². The third-order valence-electron chi connectivity index (χ3n) is 4.84. The average Bonchev–Trinajstić information content (AvgIpc) is 3.04. The van der Waals surface area contributed by atoms with Gasteiger partial charge in [0.25, 0.3) is 5.91 Å². The van der Waals surface area contributed by atoms with Crippen molar-refractivity contribution in [3.8, 4) is 5.75 Å². The highest BCUT2D eigenvalue weighted by Gasteiger charge is 2.48. The number of carbonyl (C=O) groups excluding carboxylic acids is 1. The van der Waals surface area contributed by atoms with Gasteiger partial charge in [-0.05, 0) is 36.0 Å². The van der Waals surface area contributed by atoms with E-state index >= 15 is 0 Å². The van der Waals surface area contributed by atoms with Crippen LogP contribution in [0.15, 0.2) is 18.2 Å². The second-order valence-corrected chi connectivity index (χ2v) is 6.30. The summed E-state index contributed by atoms with van der Waals surface area (Å²) in [5, 5.41) is 11.4. The minimum atomic E-state index is -0.345. The van der Waals surface area contributed by atoms with Crippen LogP contribution in [-0.2, 0) is 11.2 Å². The predicted molar refractivity (Wildman–Crippen MR) is 89.4 cm³/mol. The molecule has 120 valence electrons. The van der Waals surface area contributed by atoms with Crippen LogP contribution in [0.5, 0.6) is 5.75 Å². The maximum atomic E-state index is 12.5. The Balaban J connectivity index is 1.91. The third kappa shape index (κ3) is 1.83. The second kappa shape index (κ2) is 4.94. The number of amides is 1. The highest BCUT2D eigenvalue weighted by atomic mass is 32.1. The molecule has 1 fully saturated rings. The number of carbonyl (C=O) groups is 1. The Morgan fingerprint density at radius 3 is 2.96 bits per heavy atom. The molecule has 0 saturated carbocycles. The molecule has 2 aliphatic heterocycles. The van der Waals surface area contributed by atoms with Gasteiger partial charge in [-0.15, -0.1) is 0 Å². The minimum Gasteiger partial charge on any atom is -0.497 e. The van der Waals surface area contributed by atoms with Crippen molar-refractivity contribution >= 4 is 34.1 Å². The van der Waals surface area contributed by atoms with E-state index in [9.17, 15) is 9.90 Å². The van der Waals surface area contributed by atoms with Gasteiger partial charge in [-0.2, -0.15) is 0 Å². The van der Waals surface area contributed by atoms with Crippen molar-refractivity contribution in [1.29, 1.82) is 0 Å². The summed E-state index contributed by atoms with van der Waals surface area (Å²) in [7, 11) is 3.32. The lowest BCUT2D eigenvalue weighted by atomic mass is 9.92. The van der Waals surface area contributed by atoms with Crippen molar-refractivity contribution in [2.75, 3.05) is 20.8 Å². The first-order valence-electron chi connectivity index (χ1n) is 7.46. The van der Waals surface area contributed by atoms with E-state index in [2.05, 4.69) is 4.98 Å². The fraction of sp³-hybridized carbons (Fsp3) is 0.375. The zero-order valence-corrected chi connectivity index (χ0v) is 13.7. The van der Waals surface area contributed by atoms with Gasteiger partial charge in [-0.1, -0.05) is 0 Å². The molecule has 1 aromatic heterocycles. The summed E-state index contributed by atoms with van der Waals surface area (Å²) in [6.07, 6.45) is 0.572. The number of benzene rings is 1. The smallest absolute Gasteiger partial charge is 0.251 e. The lowest BCUT2D eigenvalue weighted by Gasteiger charge is -2.35. The van der Waals surface area contributed by atoms with E-state index in [1.54, 1.807) is 14.2 Å². The van der Waals surface area contributed by atoms with E-state index in [0.29, 0.717) is 11.5 Å². The number of nitrogens with zero attached hydrogens (tertiary/aromatic N) is 2. The van der Waals surface area contributed by atoms with Crippen molar-refractivity contribution in [2.24, 2.45) is 0 Å². The topological polar surface area (TPSA) is 68.8 Å². The number of rotatable bonds is 2. The van der Waals surface area contributed by atoms with Crippen LogP contribution in [-0.4, -0.2) is 57.7 Å². The standard InChI is InChI=1S/C16H17N3O3S/c1-18-15(21)12-6-10-9-5-8(22-2)3-4-11(9)17-14(10)13(7-20)19(12)16(18)23/h3-5,12-13,17,20H,6-7H2,1-2H3. The van der Waals surface area contributed by atoms with Gasteiger partial charge in [0.1, 0.15) is 11.8 Å². The fourth-order valence-corrected chi connectivity index (χ4v) is 4.01. The number of aromatic nitrogens is 1. The van der Waals surface area contributed by atoms with Crippen molar-refractivity contribution in [1.82, 2.24) is 14.8 Å². The van der Waals surface area contributed by atoms with Crippen LogP contribution in [0.2, 0.25) is 0 Å². The number of hydrogen-bond acceptors (Lipinski definition) is 4. The largest absolute Gasteiger partial charge is 0.497 e. The van der Waals surface area contributed by atoms with Crippen LogP contribution in [0.25, 0.3) is 10.9 Å². The number of thiocarbonyl (C=S) groups is 1. The molecule has 2 aliphatic rings. The van der Waals surface area contributed by atoms with Crippen LogP contribution < -0.4 is 4.74 Å². The molecule has 2 atom stereocenters. The van der Waals surface area contributed by atoms with E-state index in [-0.39, 0.29) is 24.6 Å². The molecule has 1 amide bonds. The lowest BCUT2D eigenvalue weighted by molar-refractivity contribution is -0.127. The number of methoxy groups -OCH3 is 1. The highest BCUT2D eigenvalue weighted by molar-refractivity contribution is 7.80. The number of fused-ring (bicyclic) bond motifs is 4. The number of H-pyrrole nitrogens is 1. The van der Waals surface area contributed by atoms with E-state index in [4.69, 9.17) is 17.0 Å². The summed E-state index contributed by atoms with van der Waals surface area (Å²) in [5.41, 5.74) is 2.96. The first-order chi connectivity index (χ1) is 11.1. The van der Waals surface area contributed by atoms with Gasteiger partial charge in [0.2, 0.25) is 0 Å². The monoisotopic (exact) mass is 331 g/mol. The number of nitrogens with one attached hydrogen (secondary N) is 1. The second-order valence-electron chi connectivity index (χ2n) is 5.93. The Morgan fingerprint density at radius 2 is 2.26 bits per heavy atom. The number of aromatic amines is 1. The van der Waals surface area contributed by atoms with Crippen LogP contribution >= 0.6 is 12.2 Å². The highest BCUT2D eigenvalue weighted by Crippen LogP contribution is 2.41. The molecule has 0 spiro atoms. The molecule has 3 heterocycles. The average molecular weight is 331 g/mol. The van der Waals surface area contributed by atoms with Gasteiger partial charge >= 0.3 is 0 Å². The molecule has 0 bridgehead atoms. The van der Waals surface area contributed by atoms with Gasteiger partial charge in [0.05, 0.1) is 19.8 Å². The number of ether oxygens (including phenoxy) is 1. The summed E-state index contributed by atoms with van der Waals surface area (Å²) < 4.78 is 5.31. The Kier molecular flexibility index (Phi) is 3.11. The molecular formula is C16H17N3O3S. The fourth-order valence-electron chi connectivity index (χ4n) is 3.67. The van der Waals surface area contributed by atoms with Crippen molar-refractivity contribution < 1.29 is 14.6 Å². The normalized spacial score (nSPS) is 23.4. The molecule has 0 aliphatic carbocycles. The van der Waals surface area contributed by atoms with E-state index in [0.717, 1.165) is 27.9 Å². The molecule has 23 heavy (non-hydrogen) atoms.